The highest BCUT2D eigenvalue weighted by molar-refractivity contribution is 7.92. The van der Waals surface area contributed by atoms with Crippen molar-refractivity contribution in [1.82, 2.24) is 25.2 Å². The molecule has 1 saturated heterocycles. The molecule has 0 atom stereocenters. The molecule has 226 valence electrons. The van der Waals surface area contributed by atoms with Crippen LogP contribution in [-0.2, 0) is 20.2 Å². The van der Waals surface area contributed by atoms with E-state index in [0.717, 1.165) is 31.5 Å². The van der Waals surface area contributed by atoms with E-state index in [2.05, 4.69) is 30.6 Å². The summed E-state index contributed by atoms with van der Waals surface area (Å²) in [7, 11) is -2.21. The maximum Gasteiger partial charge on any atom is 0.273 e. The number of benzene rings is 2. The smallest absolute Gasteiger partial charge is 0.273 e. The van der Waals surface area contributed by atoms with E-state index in [-0.39, 0.29) is 28.5 Å². The largest absolute Gasteiger partial charge is 0.492 e. The van der Waals surface area contributed by atoms with Gasteiger partial charge in [0.15, 0.2) is 11.4 Å². The van der Waals surface area contributed by atoms with E-state index in [1.807, 2.05) is 20.8 Å². The van der Waals surface area contributed by atoms with Crippen LogP contribution in [0.1, 0.15) is 47.2 Å². The van der Waals surface area contributed by atoms with E-state index in [0.29, 0.717) is 36.7 Å². The van der Waals surface area contributed by atoms with Crippen molar-refractivity contribution in [2.75, 3.05) is 62.8 Å². The number of hydrogen-bond acceptors (Lipinski definition) is 9. The SMILES string of the molecule is COc1c(NC(=O)c2cccc(-n3cc(C(=O)NCCN4CCOCC4)nn3)c2)cc(C(C)(C)C)cc1NS(C)(=O)=O. The molecule has 1 fully saturated rings. The molecule has 42 heavy (non-hydrogen) atoms. The van der Waals surface area contributed by atoms with Crippen LogP contribution in [0.4, 0.5) is 11.4 Å². The van der Waals surface area contributed by atoms with E-state index in [1.54, 1.807) is 36.4 Å². The van der Waals surface area contributed by atoms with Gasteiger partial charge in [-0.3, -0.25) is 19.2 Å². The van der Waals surface area contributed by atoms with Gasteiger partial charge < -0.3 is 20.1 Å². The summed E-state index contributed by atoms with van der Waals surface area (Å²) in [6, 6.07) is 10.1. The predicted molar refractivity (Wildman–Crippen MR) is 159 cm³/mol. The molecule has 0 spiro atoms. The van der Waals surface area contributed by atoms with Gasteiger partial charge in [0.2, 0.25) is 10.0 Å². The van der Waals surface area contributed by atoms with Gasteiger partial charge in [-0.1, -0.05) is 32.1 Å². The van der Waals surface area contributed by atoms with E-state index >= 15 is 0 Å². The Morgan fingerprint density at radius 1 is 1.07 bits per heavy atom. The topological polar surface area (TPSA) is 157 Å². The first-order valence-electron chi connectivity index (χ1n) is 13.5. The Balaban J connectivity index is 1.50. The lowest BCUT2D eigenvalue weighted by molar-refractivity contribution is 0.0383. The number of nitrogens with one attached hydrogen (secondary N) is 3. The average molecular weight is 600 g/mol. The van der Waals surface area contributed by atoms with Crippen molar-refractivity contribution >= 4 is 33.2 Å². The molecule has 0 aliphatic carbocycles. The summed E-state index contributed by atoms with van der Waals surface area (Å²) in [5.41, 5.74) is 1.95. The fraction of sp³-hybridized carbons (Fsp3) is 0.429. The molecule has 0 bridgehead atoms. The van der Waals surface area contributed by atoms with E-state index < -0.39 is 15.9 Å². The van der Waals surface area contributed by atoms with E-state index in [4.69, 9.17) is 9.47 Å². The summed E-state index contributed by atoms with van der Waals surface area (Å²) in [4.78, 5) is 28.2. The summed E-state index contributed by atoms with van der Waals surface area (Å²) >= 11 is 0. The van der Waals surface area contributed by atoms with Crippen LogP contribution in [0.25, 0.3) is 5.69 Å². The number of ether oxygens (including phenoxy) is 2. The Morgan fingerprint density at radius 2 is 1.79 bits per heavy atom. The summed E-state index contributed by atoms with van der Waals surface area (Å²) in [6.07, 6.45) is 2.55. The summed E-state index contributed by atoms with van der Waals surface area (Å²) in [5, 5.41) is 13.8. The van der Waals surface area contributed by atoms with E-state index in [1.165, 1.54) is 18.0 Å². The zero-order chi connectivity index (χ0) is 30.5. The van der Waals surface area contributed by atoms with Crippen molar-refractivity contribution in [2.45, 2.75) is 26.2 Å². The first-order chi connectivity index (χ1) is 19.8. The number of sulfonamides is 1. The molecule has 14 heteroatoms. The first-order valence-corrected chi connectivity index (χ1v) is 15.4. The monoisotopic (exact) mass is 599 g/mol. The lowest BCUT2D eigenvalue weighted by atomic mass is 9.86. The number of rotatable bonds is 10. The number of morpholine rings is 1. The van der Waals surface area contributed by atoms with E-state index in [9.17, 15) is 18.0 Å². The summed E-state index contributed by atoms with van der Waals surface area (Å²) in [5.74, 6) is -0.612. The standard InChI is InChI=1S/C28H37N7O6S/c1-28(2,3)20-16-22(25(40-4)23(17-20)32-42(5,38)39)30-26(36)19-7-6-8-21(15-19)35-18-24(31-33-35)27(37)29-9-10-34-11-13-41-14-12-34/h6-8,15-18,32H,9-14H2,1-5H3,(H,29,37)(H,30,36). The molecular weight excluding hydrogens is 562 g/mol. The van der Waals surface area contributed by atoms with Crippen LogP contribution >= 0.6 is 0 Å². The summed E-state index contributed by atoms with van der Waals surface area (Å²) in [6.45, 7) is 10.2. The molecule has 2 amide bonds. The molecule has 4 rings (SSSR count). The van der Waals surface area contributed by atoms with Gasteiger partial charge in [-0.15, -0.1) is 5.10 Å². The molecule has 1 aliphatic heterocycles. The van der Waals surface area contributed by atoms with Crippen LogP contribution in [0.5, 0.6) is 5.75 Å². The summed E-state index contributed by atoms with van der Waals surface area (Å²) < 4.78 is 38.8. The van der Waals surface area contributed by atoms with Crippen molar-refractivity contribution in [1.29, 1.82) is 0 Å². The Kier molecular flexibility index (Phi) is 9.49. The molecule has 1 aromatic heterocycles. The number of carbonyl (C=O) groups excluding carboxylic acids is 2. The van der Waals surface area contributed by atoms with Crippen LogP contribution < -0.4 is 20.1 Å². The van der Waals surface area contributed by atoms with Gasteiger partial charge in [0.05, 0.1) is 49.8 Å². The minimum absolute atomic E-state index is 0.154. The highest BCUT2D eigenvalue weighted by Gasteiger charge is 2.23. The lowest BCUT2D eigenvalue weighted by Gasteiger charge is -2.26. The highest BCUT2D eigenvalue weighted by atomic mass is 32.2. The minimum Gasteiger partial charge on any atom is -0.492 e. The molecule has 0 saturated carbocycles. The quantitative estimate of drug-likeness (QED) is 0.318. The second-order valence-corrected chi connectivity index (χ2v) is 12.7. The van der Waals surface area contributed by atoms with Crippen LogP contribution in [0.15, 0.2) is 42.6 Å². The number of aromatic nitrogens is 3. The molecule has 2 heterocycles. The second-order valence-electron chi connectivity index (χ2n) is 11.0. The number of amides is 2. The molecule has 2 aromatic carbocycles. The molecule has 1 aliphatic rings. The van der Waals surface area contributed by atoms with Crippen molar-refractivity contribution in [3.8, 4) is 11.4 Å². The molecule has 13 nitrogen and oxygen atoms in total. The number of carbonyl (C=O) groups is 2. The normalized spacial score (nSPS) is 14.3. The van der Waals surface area contributed by atoms with Crippen LogP contribution in [-0.4, -0.2) is 92.9 Å². The van der Waals surface area contributed by atoms with Gasteiger partial charge in [0.1, 0.15) is 0 Å². The predicted octanol–water partition coefficient (Wildman–Crippen LogP) is 2.26. The first kappa shape index (κ1) is 30.9. The zero-order valence-electron chi connectivity index (χ0n) is 24.4. The molecule has 0 unspecified atom stereocenters. The Bertz CT molecular complexity index is 1540. The maximum absolute atomic E-state index is 13.4. The highest BCUT2D eigenvalue weighted by Crippen LogP contribution is 2.39. The molecule has 0 radical (unpaired) electrons. The minimum atomic E-state index is -3.61. The van der Waals surface area contributed by atoms with Crippen molar-refractivity contribution in [3.05, 3.63) is 59.4 Å². The number of hydrogen-bond donors (Lipinski definition) is 3. The molecule has 3 N–H and O–H groups in total. The molecular formula is C28H37N7O6S. The lowest BCUT2D eigenvalue weighted by Crippen LogP contribution is -2.41. The van der Waals surface area contributed by atoms with Crippen LogP contribution in [0, 0.1) is 0 Å². The number of nitrogens with zero attached hydrogens (tertiary/aromatic N) is 4. The van der Waals surface area contributed by atoms with Crippen molar-refractivity contribution in [3.63, 3.8) is 0 Å². The fourth-order valence-electron chi connectivity index (χ4n) is 4.37. The van der Waals surface area contributed by atoms with Gasteiger partial charge in [-0.25, -0.2) is 13.1 Å². The third kappa shape index (κ3) is 8.05. The van der Waals surface area contributed by atoms with Gasteiger partial charge in [0, 0.05) is 31.7 Å². The Morgan fingerprint density at radius 3 is 2.45 bits per heavy atom. The third-order valence-corrected chi connectivity index (χ3v) is 7.21. The molecule has 3 aromatic rings. The zero-order valence-corrected chi connectivity index (χ0v) is 25.2. The second kappa shape index (κ2) is 12.9. The van der Waals surface area contributed by atoms with Gasteiger partial charge in [-0.05, 0) is 41.3 Å². The van der Waals surface area contributed by atoms with Gasteiger partial charge in [0.25, 0.3) is 11.8 Å². The van der Waals surface area contributed by atoms with Crippen LogP contribution in [0.3, 0.4) is 0 Å². The Labute approximate surface area is 245 Å². The van der Waals surface area contributed by atoms with Gasteiger partial charge in [-0.2, -0.15) is 0 Å². The number of anilines is 2. The Hall–Kier alpha value is -4.01. The number of methoxy groups -OCH3 is 1. The maximum atomic E-state index is 13.4. The van der Waals surface area contributed by atoms with Gasteiger partial charge >= 0.3 is 0 Å². The average Bonchev–Trinajstić information content (AvgIpc) is 3.43. The third-order valence-electron chi connectivity index (χ3n) is 6.62. The van der Waals surface area contributed by atoms with Crippen molar-refractivity contribution < 1.29 is 27.5 Å². The van der Waals surface area contributed by atoms with Crippen LogP contribution in [0.2, 0.25) is 0 Å². The van der Waals surface area contributed by atoms with Crippen molar-refractivity contribution in [2.24, 2.45) is 0 Å². The fourth-order valence-corrected chi connectivity index (χ4v) is 4.92.